The number of rotatable bonds is 5. The Hall–Kier alpha value is -2.40. The van der Waals surface area contributed by atoms with Crippen LogP contribution in [0.25, 0.3) is 22.0 Å². The van der Waals surface area contributed by atoms with Crippen molar-refractivity contribution in [2.45, 2.75) is 13.3 Å². The summed E-state index contributed by atoms with van der Waals surface area (Å²) in [5.41, 5.74) is 1.80. The first-order chi connectivity index (χ1) is 10.7. The van der Waals surface area contributed by atoms with Gasteiger partial charge >= 0.3 is 5.97 Å². The highest BCUT2D eigenvalue weighted by Gasteiger charge is 2.12. The van der Waals surface area contributed by atoms with Crippen LogP contribution in [0.3, 0.4) is 0 Å². The van der Waals surface area contributed by atoms with Gasteiger partial charge in [-0.2, -0.15) is 0 Å². The summed E-state index contributed by atoms with van der Waals surface area (Å²) in [6.07, 6.45) is -0.0420. The molecule has 2 aromatic carbocycles. The minimum absolute atomic E-state index is 0.0420. The van der Waals surface area contributed by atoms with Gasteiger partial charge in [-0.05, 0) is 24.4 Å². The number of nitrogens with zero attached hydrogens (tertiary/aromatic N) is 1. The van der Waals surface area contributed by atoms with Crippen molar-refractivity contribution in [1.82, 2.24) is 4.98 Å². The van der Waals surface area contributed by atoms with Gasteiger partial charge in [0.2, 0.25) is 0 Å². The lowest BCUT2D eigenvalue weighted by Crippen LogP contribution is -1.99. The van der Waals surface area contributed by atoms with Gasteiger partial charge in [0.05, 0.1) is 18.7 Å². The maximum absolute atomic E-state index is 10.8. The number of carboxylic acid groups (broad SMARTS) is 1. The number of thiazole rings is 1. The molecule has 1 aromatic heterocycles. The van der Waals surface area contributed by atoms with Gasteiger partial charge in [-0.15, -0.1) is 11.3 Å². The molecule has 0 aliphatic carbocycles. The summed E-state index contributed by atoms with van der Waals surface area (Å²) < 4.78 is 5.67. The van der Waals surface area contributed by atoms with Gasteiger partial charge in [-0.25, -0.2) is 4.98 Å². The molecule has 0 atom stereocenters. The Morgan fingerprint density at radius 3 is 2.73 bits per heavy atom. The van der Waals surface area contributed by atoms with Crippen LogP contribution in [0.5, 0.6) is 5.75 Å². The van der Waals surface area contributed by atoms with Crippen LogP contribution in [0, 0.1) is 0 Å². The standard InChI is InChI=1S/C17H15NO3S/c1-2-21-15-8-7-12(11-5-3-4-6-13(11)15)14-10-22-16(18-14)9-17(19)20/h3-8,10H,2,9H2,1H3,(H,19,20). The van der Waals surface area contributed by atoms with E-state index in [2.05, 4.69) is 4.98 Å². The first-order valence-electron chi connectivity index (χ1n) is 7.00. The maximum atomic E-state index is 10.8. The van der Waals surface area contributed by atoms with Crippen molar-refractivity contribution in [3.05, 3.63) is 46.8 Å². The summed E-state index contributed by atoms with van der Waals surface area (Å²) in [6, 6.07) is 11.9. The summed E-state index contributed by atoms with van der Waals surface area (Å²) in [7, 11) is 0. The molecule has 5 heteroatoms. The number of benzene rings is 2. The quantitative estimate of drug-likeness (QED) is 0.774. The molecule has 3 rings (SSSR count). The van der Waals surface area contributed by atoms with Crippen molar-refractivity contribution >= 4 is 28.1 Å². The number of aliphatic carboxylic acids is 1. The number of ether oxygens (including phenoxy) is 1. The van der Waals surface area contributed by atoms with Gasteiger partial charge in [-0.3, -0.25) is 4.79 Å². The fourth-order valence-corrected chi connectivity index (χ4v) is 3.21. The first kappa shape index (κ1) is 14.5. The molecule has 1 N–H and O–H groups in total. The fraction of sp³-hybridized carbons (Fsp3) is 0.176. The minimum Gasteiger partial charge on any atom is -0.493 e. The monoisotopic (exact) mass is 313 g/mol. The molecular weight excluding hydrogens is 298 g/mol. The van der Waals surface area contributed by atoms with Crippen LogP contribution in [0.4, 0.5) is 0 Å². The number of carbonyl (C=O) groups is 1. The van der Waals surface area contributed by atoms with Gasteiger partial charge < -0.3 is 9.84 Å². The van der Waals surface area contributed by atoms with Crippen LogP contribution in [-0.4, -0.2) is 22.7 Å². The highest BCUT2D eigenvalue weighted by atomic mass is 32.1. The fourth-order valence-electron chi connectivity index (χ4n) is 2.42. The molecule has 0 aliphatic heterocycles. The van der Waals surface area contributed by atoms with Crippen molar-refractivity contribution in [2.75, 3.05) is 6.61 Å². The summed E-state index contributed by atoms with van der Waals surface area (Å²) in [6.45, 7) is 2.57. The molecule has 1 heterocycles. The smallest absolute Gasteiger partial charge is 0.310 e. The third-order valence-corrected chi connectivity index (χ3v) is 4.16. The number of fused-ring (bicyclic) bond motifs is 1. The summed E-state index contributed by atoms with van der Waals surface area (Å²) >= 11 is 1.37. The van der Waals surface area contributed by atoms with Gasteiger partial charge in [0.25, 0.3) is 0 Å². The molecule has 3 aromatic rings. The molecule has 0 radical (unpaired) electrons. The molecule has 22 heavy (non-hydrogen) atoms. The zero-order chi connectivity index (χ0) is 15.5. The van der Waals surface area contributed by atoms with Gasteiger partial charge in [-0.1, -0.05) is 24.3 Å². The van der Waals surface area contributed by atoms with Crippen LogP contribution in [-0.2, 0) is 11.2 Å². The number of hydrogen-bond donors (Lipinski definition) is 1. The number of carboxylic acids is 1. The van der Waals surface area contributed by atoms with E-state index >= 15 is 0 Å². The predicted molar refractivity (Wildman–Crippen MR) is 87.6 cm³/mol. The second kappa shape index (κ2) is 6.15. The lowest BCUT2D eigenvalue weighted by Gasteiger charge is -2.10. The van der Waals surface area contributed by atoms with E-state index in [0.717, 1.165) is 27.8 Å². The Morgan fingerprint density at radius 2 is 2.00 bits per heavy atom. The molecule has 0 bridgehead atoms. The second-order valence-electron chi connectivity index (χ2n) is 4.79. The van der Waals surface area contributed by atoms with Crippen LogP contribution in [0.1, 0.15) is 11.9 Å². The maximum Gasteiger partial charge on any atom is 0.310 e. The van der Waals surface area contributed by atoms with Crippen LogP contribution in [0.2, 0.25) is 0 Å². The molecule has 0 saturated heterocycles. The van der Waals surface area contributed by atoms with Gasteiger partial charge in [0, 0.05) is 16.3 Å². The van der Waals surface area contributed by atoms with E-state index in [0.29, 0.717) is 11.6 Å². The second-order valence-corrected chi connectivity index (χ2v) is 5.73. The Labute approximate surface area is 132 Å². The van der Waals surface area contributed by atoms with Gasteiger partial charge in [0.15, 0.2) is 0 Å². The van der Waals surface area contributed by atoms with Crippen LogP contribution >= 0.6 is 11.3 Å². The lowest BCUT2D eigenvalue weighted by atomic mass is 10.0. The molecule has 0 saturated carbocycles. The molecular formula is C17H15NO3S. The van der Waals surface area contributed by atoms with E-state index in [4.69, 9.17) is 9.84 Å². The minimum atomic E-state index is -0.863. The Morgan fingerprint density at radius 1 is 1.23 bits per heavy atom. The lowest BCUT2D eigenvalue weighted by molar-refractivity contribution is -0.136. The van der Waals surface area contributed by atoms with Gasteiger partial charge in [0.1, 0.15) is 10.8 Å². The molecule has 0 aliphatic rings. The number of aromatic nitrogens is 1. The van der Waals surface area contributed by atoms with Crippen molar-refractivity contribution in [3.63, 3.8) is 0 Å². The SMILES string of the molecule is CCOc1ccc(-c2csc(CC(=O)O)n2)c2ccccc12. The van der Waals surface area contributed by atoms with Crippen molar-refractivity contribution in [3.8, 4) is 17.0 Å². The summed E-state index contributed by atoms with van der Waals surface area (Å²) in [5, 5.41) is 13.5. The van der Waals surface area contributed by atoms with Crippen molar-refractivity contribution in [1.29, 1.82) is 0 Å². The van der Waals surface area contributed by atoms with Crippen LogP contribution in [0.15, 0.2) is 41.8 Å². The molecule has 4 nitrogen and oxygen atoms in total. The van der Waals surface area contributed by atoms with E-state index in [1.165, 1.54) is 11.3 Å². The zero-order valence-electron chi connectivity index (χ0n) is 12.1. The first-order valence-corrected chi connectivity index (χ1v) is 7.88. The third-order valence-electron chi connectivity index (χ3n) is 3.31. The van der Waals surface area contributed by atoms with E-state index in [1.807, 2.05) is 48.7 Å². The normalized spacial score (nSPS) is 10.8. The topological polar surface area (TPSA) is 59.4 Å². The Kier molecular flexibility index (Phi) is 4.06. The molecule has 0 unspecified atom stereocenters. The molecule has 0 spiro atoms. The molecule has 0 amide bonds. The largest absolute Gasteiger partial charge is 0.493 e. The zero-order valence-corrected chi connectivity index (χ0v) is 12.9. The summed E-state index contributed by atoms with van der Waals surface area (Å²) in [5.74, 6) is -0.0136. The van der Waals surface area contributed by atoms with E-state index in [-0.39, 0.29) is 6.42 Å². The highest BCUT2D eigenvalue weighted by molar-refractivity contribution is 7.10. The molecule has 112 valence electrons. The highest BCUT2D eigenvalue weighted by Crippen LogP contribution is 2.34. The van der Waals surface area contributed by atoms with Crippen LogP contribution < -0.4 is 4.74 Å². The van der Waals surface area contributed by atoms with Crippen molar-refractivity contribution < 1.29 is 14.6 Å². The average Bonchev–Trinajstić information content (AvgIpc) is 2.95. The van der Waals surface area contributed by atoms with E-state index in [1.54, 1.807) is 0 Å². The predicted octanol–water partition coefficient (Wildman–Crippen LogP) is 3.99. The molecule has 0 fully saturated rings. The Balaban J connectivity index is 2.09. The van der Waals surface area contributed by atoms with E-state index < -0.39 is 5.97 Å². The Bertz CT molecular complexity index is 826. The summed E-state index contributed by atoms with van der Waals surface area (Å²) in [4.78, 5) is 15.2. The average molecular weight is 313 g/mol. The third kappa shape index (κ3) is 2.80. The number of hydrogen-bond acceptors (Lipinski definition) is 4. The van der Waals surface area contributed by atoms with Crippen molar-refractivity contribution in [2.24, 2.45) is 0 Å². The van der Waals surface area contributed by atoms with E-state index in [9.17, 15) is 4.79 Å².